The van der Waals surface area contributed by atoms with Gasteiger partial charge in [-0.15, -0.1) is 0 Å². The Morgan fingerprint density at radius 1 is 1.10 bits per heavy atom. The minimum absolute atomic E-state index is 0.0631. The minimum Gasteiger partial charge on any atom is -0.481 e. The van der Waals surface area contributed by atoms with Crippen molar-refractivity contribution in [3.63, 3.8) is 0 Å². The first-order valence-corrected chi connectivity index (χ1v) is 6.87. The van der Waals surface area contributed by atoms with E-state index < -0.39 is 0 Å². The van der Waals surface area contributed by atoms with Crippen LogP contribution in [0.2, 0.25) is 0 Å². The van der Waals surface area contributed by atoms with Gasteiger partial charge in [-0.1, -0.05) is 12.1 Å². The van der Waals surface area contributed by atoms with Crippen LogP contribution in [0, 0.1) is 20.8 Å². The largest absolute Gasteiger partial charge is 0.481 e. The number of rotatable bonds is 5. The van der Waals surface area contributed by atoms with Crippen LogP contribution in [-0.2, 0) is 13.2 Å². The van der Waals surface area contributed by atoms with Crippen molar-refractivity contribution < 1.29 is 9.84 Å². The van der Waals surface area contributed by atoms with E-state index in [0.717, 1.165) is 22.4 Å². The van der Waals surface area contributed by atoms with Crippen LogP contribution in [0.4, 0.5) is 5.95 Å². The quantitative estimate of drug-likeness (QED) is 0.884. The highest BCUT2D eigenvalue weighted by Gasteiger charge is 2.07. The van der Waals surface area contributed by atoms with Crippen LogP contribution in [0.15, 0.2) is 18.2 Å². The first-order chi connectivity index (χ1) is 10.0. The van der Waals surface area contributed by atoms with Crippen LogP contribution in [-0.4, -0.2) is 22.2 Å². The van der Waals surface area contributed by atoms with Crippen molar-refractivity contribution in [1.82, 2.24) is 9.97 Å². The van der Waals surface area contributed by atoms with Crippen molar-refractivity contribution in [2.24, 2.45) is 0 Å². The Morgan fingerprint density at radius 2 is 1.76 bits per heavy atom. The molecule has 0 aliphatic carbocycles. The number of methoxy groups -OCH3 is 1. The smallest absolute Gasteiger partial charge is 0.226 e. The maximum Gasteiger partial charge on any atom is 0.226 e. The number of aliphatic hydroxyl groups is 1. The lowest BCUT2D eigenvalue weighted by Crippen LogP contribution is -2.08. The van der Waals surface area contributed by atoms with Gasteiger partial charge >= 0.3 is 0 Å². The Labute approximate surface area is 125 Å². The van der Waals surface area contributed by atoms with E-state index in [9.17, 15) is 5.11 Å². The van der Waals surface area contributed by atoms with Gasteiger partial charge in [-0.05, 0) is 43.0 Å². The van der Waals surface area contributed by atoms with Crippen LogP contribution >= 0.6 is 0 Å². The molecule has 0 bridgehead atoms. The van der Waals surface area contributed by atoms with Crippen LogP contribution in [0.1, 0.15) is 27.9 Å². The molecule has 0 aliphatic rings. The topological polar surface area (TPSA) is 67.3 Å². The average molecular weight is 287 g/mol. The first-order valence-electron chi connectivity index (χ1n) is 6.87. The molecule has 112 valence electrons. The molecule has 1 aromatic heterocycles. The molecule has 0 aliphatic heterocycles. The molecule has 0 amide bonds. The van der Waals surface area contributed by atoms with E-state index in [1.807, 2.05) is 32.9 Å². The third-order valence-corrected chi connectivity index (χ3v) is 3.40. The van der Waals surface area contributed by atoms with E-state index in [0.29, 0.717) is 18.4 Å². The second-order valence-electron chi connectivity index (χ2n) is 5.10. The highest BCUT2D eigenvalue weighted by atomic mass is 16.5. The lowest BCUT2D eigenvalue weighted by Gasteiger charge is -2.13. The Morgan fingerprint density at radius 3 is 2.33 bits per heavy atom. The molecule has 0 spiro atoms. The van der Waals surface area contributed by atoms with Crippen molar-refractivity contribution in [2.75, 3.05) is 12.4 Å². The number of aryl methyl sites for hydroxylation is 3. The van der Waals surface area contributed by atoms with Crippen molar-refractivity contribution in [3.8, 4) is 5.88 Å². The van der Waals surface area contributed by atoms with Crippen LogP contribution in [0.3, 0.4) is 0 Å². The number of anilines is 1. The van der Waals surface area contributed by atoms with Crippen molar-refractivity contribution in [3.05, 3.63) is 46.1 Å². The zero-order valence-electron chi connectivity index (χ0n) is 12.9. The summed E-state index contributed by atoms with van der Waals surface area (Å²) >= 11 is 0. The number of nitrogens with zero attached hydrogens (tertiary/aromatic N) is 2. The van der Waals surface area contributed by atoms with Crippen molar-refractivity contribution in [1.29, 1.82) is 0 Å². The average Bonchev–Trinajstić information content (AvgIpc) is 2.45. The van der Waals surface area contributed by atoms with Gasteiger partial charge in [-0.2, -0.15) is 4.98 Å². The molecule has 0 saturated heterocycles. The summed E-state index contributed by atoms with van der Waals surface area (Å²) in [5.41, 5.74) is 5.27. The monoisotopic (exact) mass is 287 g/mol. The first kappa shape index (κ1) is 15.3. The van der Waals surface area contributed by atoms with Crippen molar-refractivity contribution in [2.45, 2.75) is 33.9 Å². The molecule has 21 heavy (non-hydrogen) atoms. The van der Waals surface area contributed by atoms with Gasteiger partial charge in [0, 0.05) is 18.3 Å². The Hall–Kier alpha value is -2.14. The summed E-state index contributed by atoms with van der Waals surface area (Å²) in [6, 6.07) is 5.79. The lowest BCUT2D eigenvalue weighted by molar-refractivity contribution is 0.281. The molecule has 2 aromatic rings. The number of hydrogen-bond donors (Lipinski definition) is 2. The fourth-order valence-corrected chi connectivity index (χ4v) is 2.34. The van der Waals surface area contributed by atoms with Gasteiger partial charge in [0.1, 0.15) is 0 Å². The summed E-state index contributed by atoms with van der Waals surface area (Å²) in [6.45, 7) is 6.69. The molecule has 1 heterocycles. The van der Waals surface area contributed by atoms with E-state index in [1.165, 1.54) is 5.56 Å². The number of aliphatic hydroxyl groups excluding tert-OH is 1. The molecular weight excluding hydrogens is 266 g/mol. The number of aromatic nitrogens is 2. The standard InChI is InChI=1S/C16H21N3O2/c1-10-5-13(9-20)6-11(2)14(10)8-17-16-18-12(3)7-15(19-16)21-4/h5-7,20H,8-9H2,1-4H3,(H,17,18,19). The fourth-order valence-electron chi connectivity index (χ4n) is 2.34. The fraction of sp³-hybridized carbons (Fsp3) is 0.375. The van der Waals surface area contributed by atoms with E-state index in [-0.39, 0.29) is 6.61 Å². The van der Waals surface area contributed by atoms with E-state index in [4.69, 9.17) is 4.74 Å². The summed E-state index contributed by atoms with van der Waals surface area (Å²) < 4.78 is 5.15. The number of benzene rings is 1. The van der Waals surface area contributed by atoms with Gasteiger partial charge < -0.3 is 15.2 Å². The molecule has 5 nitrogen and oxygen atoms in total. The molecule has 0 unspecified atom stereocenters. The van der Waals surface area contributed by atoms with Crippen molar-refractivity contribution >= 4 is 5.95 Å². The third-order valence-electron chi connectivity index (χ3n) is 3.40. The predicted octanol–water partition coefficient (Wildman–Crippen LogP) is 2.51. The summed E-state index contributed by atoms with van der Waals surface area (Å²) in [4.78, 5) is 8.62. The maximum atomic E-state index is 9.22. The molecule has 2 rings (SSSR count). The second kappa shape index (κ2) is 6.54. The van der Waals surface area contributed by atoms with Gasteiger partial charge in [0.2, 0.25) is 11.8 Å². The van der Waals surface area contributed by atoms with Gasteiger partial charge in [0.15, 0.2) is 0 Å². The summed E-state index contributed by atoms with van der Waals surface area (Å²) in [5, 5.41) is 12.5. The van der Waals surface area contributed by atoms with Crippen LogP contribution < -0.4 is 10.1 Å². The van der Waals surface area contributed by atoms with E-state index in [2.05, 4.69) is 15.3 Å². The molecule has 5 heteroatoms. The Balaban J connectivity index is 2.18. The minimum atomic E-state index is 0.0631. The van der Waals surface area contributed by atoms with E-state index in [1.54, 1.807) is 13.2 Å². The summed E-state index contributed by atoms with van der Waals surface area (Å²) in [6.07, 6.45) is 0. The predicted molar refractivity (Wildman–Crippen MR) is 82.5 cm³/mol. The second-order valence-corrected chi connectivity index (χ2v) is 5.10. The van der Waals surface area contributed by atoms with Gasteiger partial charge in [-0.3, -0.25) is 0 Å². The van der Waals surface area contributed by atoms with Gasteiger partial charge in [0.05, 0.1) is 13.7 Å². The summed E-state index contributed by atoms with van der Waals surface area (Å²) in [5.74, 6) is 1.10. The molecule has 1 aromatic carbocycles. The number of hydrogen-bond acceptors (Lipinski definition) is 5. The maximum absolute atomic E-state index is 9.22. The Kier molecular flexibility index (Phi) is 4.75. The number of ether oxygens (including phenoxy) is 1. The summed E-state index contributed by atoms with van der Waals surface area (Å²) in [7, 11) is 1.59. The third kappa shape index (κ3) is 3.70. The molecule has 0 saturated carbocycles. The molecule has 0 fully saturated rings. The van der Waals surface area contributed by atoms with E-state index >= 15 is 0 Å². The molecule has 0 atom stereocenters. The zero-order chi connectivity index (χ0) is 15.4. The SMILES string of the molecule is COc1cc(C)nc(NCc2c(C)cc(CO)cc2C)n1. The molecule has 0 radical (unpaired) electrons. The Bertz CT molecular complexity index is 618. The van der Waals surface area contributed by atoms with Gasteiger partial charge in [0.25, 0.3) is 0 Å². The highest BCUT2D eigenvalue weighted by Crippen LogP contribution is 2.19. The zero-order valence-corrected chi connectivity index (χ0v) is 12.9. The number of nitrogens with one attached hydrogen (secondary N) is 1. The lowest BCUT2D eigenvalue weighted by atomic mass is 9.99. The molecule has 2 N–H and O–H groups in total. The highest BCUT2D eigenvalue weighted by molar-refractivity contribution is 5.40. The van der Waals surface area contributed by atoms with Gasteiger partial charge in [-0.25, -0.2) is 4.98 Å². The van der Waals surface area contributed by atoms with Crippen LogP contribution in [0.25, 0.3) is 0 Å². The molecular formula is C16H21N3O2. The normalized spacial score (nSPS) is 10.5. The van der Waals surface area contributed by atoms with Crippen LogP contribution in [0.5, 0.6) is 5.88 Å².